The number of benzene rings is 1. The van der Waals surface area contributed by atoms with Crippen molar-refractivity contribution in [3.05, 3.63) is 41.4 Å². The van der Waals surface area contributed by atoms with Gasteiger partial charge in [-0.1, -0.05) is 17.7 Å². The average molecular weight is 294 g/mol. The minimum atomic E-state index is 0.695. The van der Waals surface area contributed by atoms with Gasteiger partial charge in [-0.3, -0.25) is 0 Å². The Hall–Kier alpha value is -0.990. The predicted octanol–water partition coefficient (Wildman–Crippen LogP) is 4.72. The first kappa shape index (κ1) is 15.4. The maximum Gasteiger partial charge on any atom is 0.123 e. The van der Waals surface area contributed by atoms with Gasteiger partial charge >= 0.3 is 0 Å². The van der Waals surface area contributed by atoms with Crippen LogP contribution in [0.3, 0.4) is 0 Å². The molecule has 0 saturated heterocycles. The van der Waals surface area contributed by atoms with Gasteiger partial charge in [0.25, 0.3) is 0 Å². The molecule has 0 unspecified atom stereocenters. The Morgan fingerprint density at radius 2 is 2.15 bits per heavy atom. The molecular weight excluding hydrogens is 270 g/mol. The maximum atomic E-state index is 6.07. The maximum absolute atomic E-state index is 6.07. The van der Waals surface area contributed by atoms with Gasteiger partial charge in [-0.05, 0) is 56.7 Å². The second-order valence-corrected chi connectivity index (χ2v) is 5.83. The molecule has 0 radical (unpaired) electrons. The molecule has 1 aromatic carbocycles. The summed E-state index contributed by atoms with van der Waals surface area (Å²) in [6.45, 7) is 5.35. The number of unbranched alkanes of at least 4 members (excludes halogenated alkanes) is 3. The lowest BCUT2D eigenvalue weighted by Crippen LogP contribution is -2.16. The number of ether oxygens (including phenoxy) is 1. The molecule has 3 heteroatoms. The summed E-state index contributed by atoms with van der Waals surface area (Å²) in [7, 11) is 0. The molecule has 0 atom stereocenters. The van der Waals surface area contributed by atoms with Crippen molar-refractivity contribution in [2.75, 3.05) is 6.61 Å². The van der Waals surface area contributed by atoms with Crippen molar-refractivity contribution in [3.8, 4) is 5.75 Å². The Bertz CT molecular complexity index is 429. The number of hydrogen-bond donors (Lipinski definition) is 1. The quantitative estimate of drug-likeness (QED) is 0.498. The van der Waals surface area contributed by atoms with Crippen LogP contribution in [-0.4, -0.2) is 12.6 Å². The molecule has 0 heterocycles. The normalized spacial score (nSPS) is 14.2. The van der Waals surface area contributed by atoms with E-state index in [1.54, 1.807) is 0 Å². The number of nitrogens with one attached hydrogen (secondary N) is 1. The van der Waals surface area contributed by atoms with Crippen LogP contribution in [0, 0.1) is 0 Å². The van der Waals surface area contributed by atoms with Crippen molar-refractivity contribution in [1.29, 1.82) is 0 Å². The zero-order chi connectivity index (χ0) is 14.2. The zero-order valence-electron chi connectivity index (χ0n) is 12.0. The standard InChI is InChI=1S/C17H24ClNO/c1-2-3-4-5-6-11-20-17-10-7-15(18)12-14(17)13-19-16-8-9-16/h2,7,10,12,16,19H,1,3-6,8-9,11,13H2. The van der Waals surface area contributed by atoms with E-state index in [-0.39, 0.29) is 0 Å². The molecule has 20 heavy (non-hydrogen) atoms. The van der Waals surface area contributed by atoms with Gasteiger partial charge < -0.3 is 10.1 Å². The van der Waals surface area contributed by atoms with Gasteiger partial charge in [0.2, 0.25) is 0 Å². The van der Waals surface area contributed by atoms with E-state index >= 15 is 0 Å². The van der Waals surface area contributed by atoms with Crippen LogP contribution < -0.4 is 10.1 Å². The van der Waals surface area contributed by atoms with E-state index in [2.05, 4.69) is 11.9 Å². The second-order valence-electron chi connectivity index (χ2n) is 5.39. The van der Waals surface area contributed by atoms with Crippen LogP contribution in [0.2, 0.25) is 5.02 Å². The summed E-state index contributed by atoms with van der Waals surface area (Å²) in [6.07, 6.45) is 9.13. The third kappa shape index (κ3) is 5.56. The van der Waals surface area contributed by atoms with Gasteiger partial charge in [-0.25, -0.2) is 0 Å². The fourth-order valence-electron chi connectivity index (χ4n) is 2.12. The van der Waals surface area contributed by atoms with E-state index in [1.165, 1.54) is 25.7 Å². The first-order valence-electron chi connectivity index (χ1n) is 7.55. The van der Waals surface area contributed by atoms with Crippen molar-refractivity contribution in [1.82, 2.24) is 5.32 Å². The third-order valence-electron chi connectivity index (χ3n) is 3.49. The lowest BCUT2D eigenvalue weighted by molar-refractivity contribution is 0.301. The Labute approximate surface area is 127 Å². The minimum absolute atomic E-state index is 0.695. The van der Waals surface area contributed by atoms with Crippen LogP contribution in [0.15, 0.2) is 30.9 Å². The van der Waals surface area contributed by atoms with Gasteiger partial charge in [-0.2, -0.15) is 0 Å². The monoisotopic (exact) mass is 293 g/mol. The fraction of sp³-hybridized carbons (Fsp3) is 0.529. The van der Waals surface area contributed by atoms with E-state index in [0.29, 0.717) is 6.04 Å². The Balaban J connectivity index is 1.77. The highest BCUT2D eigenvalue weighted by Gasteiger charge is 2.20. The van der Waals surface area contributed by atoms with Crippen molar-refractivity contribution >= 4 is 11.6 Å². The summed E-state index contributed by atoms with van der Waals surface area (Å²) in [6, 6.07) is 6.58. The highest BCUT2D eigenvalue weighted by atomic mass is 35.5. The summed E-state index contributed by atoms with van der Waals surface area (Å²) in [5.41, 5.74) is 1.16. The molecule has 1 aliphatic rings. The van der Waals surface area contributed by atoms with Crippen LogP contribution in [-0.2, 0) is 6.54 Å². The van der Waals surface area contributed by atoms with Gasteiger partial charge in [-0.15, -0.1) is 6.58 Å². The van der Waals surface area contributed by atoms with Crippen molar-refractivity contribution in [2.45, 2.75) is 51.1 Å². The Morgan fingerprint density at radius 3 is 2.90 bits per heavy atom. The minimum Gasteiger partial charge on any atom is -0.493 e. The predicted molar refractivity (Wildman–Crippen MR) is 85.5 cm³/mol. The van der Waals surface area contributed by atoms with E-state index in [0.717, 1.165) is 42.3 Å². The number of halogens is 1. The van der Waals surface area contributed by atoms with Crippen LogP contribution in [0.25, 0.3) is 0 Å². The Morgan fingerprint density at radius 1 is 1.30 bits per heavy atom. The lowest BCUT2D eigenvalue weighted by atomic mass is 10.2. The molecular formula is C17H24ClNO. The smallest absolute Gasteiger partial charge is 0.123 e. The lowest BCUT2D eigenvalue weighted by Gasteiger charge is -2.12. The molecule has 0 amide bonds. The largest absolute Gasteiger partial charge is 0.493 e. The first-order valence-corrected chi connectivity index (χ1v) is 7.93. The van der Waals surface area contributed by atoms with E-state index in [1.807, 2.05) is 24.3 Å². The topological polar surface area (TPSA) is 21.3 Å². The molecule has 2 rings (SSSR count). The van der Waals surface area contributed by atoms with Gasteiger partial charge in [0.1, 0.15) is 5.75 Å². The molecule has 1 fully saturated rings. The molecule has 0 aliphatic heterocycles. The molecule has 1 aromatic rings. The van der Waals surface area contributed by atoms with Gasteiger partial charge in [0.15, 0.2) is 0 Å². The SMILES string of the molecule is C=CCCCCCOc1ccc(Cl)cc1CNC1CC1. The third-order valence-corrected chi connectivity index (χ3v) is 3.73. The first-order chi connectivity index (χ1) is 9.79. The average Bonchev–Trinajstić information content (AvgIpc) is 3.26. The molecule has 0 bridgehead atoms. The fourth-order valence-corrected chi connectivity index (χ4v) is 2.31. The van der Waals surface area contributed by atoms with E-state index in [9.17, 15) is 0 Å². The van der Waals surface area contributed by atoms with Crippen molar-refractivity contribution in [3.63, 3.8) is 0 Å². The highest BCUT2D eigenvalue weighted by Crippen LogP contribution is 2.25. The van der Waals surface area contributed by atoms with Crippen molar-refractivity contribution < 1.29 is 4.74 Å². The molecule has 110 valence electrons. The molecule has 1 N–H and O–H groups in total. The summed E-state index contributed by atoms with van der Waals surface area (Å²) in [4.78, 5) is 0. The van der Waals surface area contributed by atoms with Crippen LogP contribution in [0.1, 0.15) is 44.1 Å². The summed E-state index contributed by atoms with van der Waals surface area (Å²) < 4.78 is 5.90. The van der Waals surface area contributed by atoms with E-state index < -0.39 is 0 Å². The second kappa shape index (κ2) is 8.33. The zero-order valence-corrected chi connectivity index (χ0v) is 12.8. The number of hydrogen-bond acceptors (Lipinski definition) is 2. The summed E-state index contributed by atoms with van der Waals surface area (Å²) in [5.74, 6) is 0.964. The van der Waals surface area contributed by atoms with Gasteiger partial charge in [0, 0.05) is 23.2 Å². The Kier molecular flexibility index (Phi) is 6.41. The molecule has 0 spiro atoms. The van der Waals surface area contributed by atoms with Gasteiger partial charge in [0.05, 0.1) is 6.61 Å². The number of allylic oxidation sites excluding steroid dienone is 1. The molecule has 0 aromatic heterocycles. The van der Waals surface area contributed by atoms with Crippen LogP contribution in [0.5, 0.6) is 5.75 Å². The molecule has 1 saturated carbocycles. The van der Waals surface area contributed by atoms with Crippen LogP contribution in [0.4, 0.5) is 0 Å². The highest BCUT2D eigenvalue weighted by molar-refractivity contribution is 6.30. The molecule has 2 nitrogen and oxygen atoms in total. The molecule has 1 aliphatic carbocycles. The number of rotatable bonds is 10. The van der Waals surface area contributed by atoms with E-state index in [4.69, 9.17) is 16.3 Å². The summed E-state index contributed by atoms with van der Waals surface area (Å²) >= 11 is 6.07. The van der Waals surface area contributed by atoms with Crippen molar-refractivity contribution in [2.24, 2.45) is 0 Å². The van der Waals surface area contributed by atoms with Crippen LogP contribution >= 0.6 is 11.6 Å². The summed E-state index contributed by atoms with van der Waals surface area (Å²) in [5, 5.41) is 4.28.